The van der Waals surface area contributed by atoms with Crippen molar-refractivity contribution in [2.45, 2.75) is 63.7 Å². The van der Waals surface area contributed by atoms with Crippen LogP contribution in [0.5, 0.6) is 0 Å². The number of aromatic nitrogens is 3. The Morgan fingerprint density at radius 3 is 2.27 bits per heavy atom. The van der Waals surface area contributed by atoms with Gasteiger partial charge >= 0.3 is 0 Å². The van der Waals surface area contributed by atoms with Crippen molar-refractivity contribution in [3.05, 3.63) is 114 Å². The van der Waals surface area contributed by atoms with E-state index in [4.69, 9.17) is 5.10 Å². The van der Waals surface area contributed by atoms with Gasteiger partial charge in [0, 0.05) is 72.6 Å². The van der Waals surface area contributed by atoms with Crippen LogP contribution in [0.25, 0.3) is 28.1 Å². The monoisotopic (exact) mass is 821 g/mol. The summed E-state index contributed by atoms with van der Waals surface area (Å²) in [7, 11) is -3.69. The number of anilines is 2. The summed E-state index contributed by atoms with van der Waals surface area (Å²) in [5.74, 6) is -1.51. The lowest BCUT2D eigenvalue weighted by Crippen LogP contribution is -2.41. The normalized spacial score (nSPS) is 18.6. The Hall–Kier alpha value is -5.47. The number of sulfonamides is 1. The minimum atomic E-state index is -3.69. The van der Waals surface area contributed by atoms with Crippen LogP contribution in [-0.4, -0.2) is 78.4 Å². The van der Waals surface area contributed by atoms with Crippen molar-refractivity contribution in [1.82, 2.24) is 25.0 Å². The van der Waals surface area contributed by atoms with Crippen molar-refractivity contribution in [3.63, 3.8) is 0 Å². The average Bonchev–Trinajstić information content (AvgIpc) is 3.68. The van der Waals surface area contributed by atoms with Gasteiger partial charge in [0.05, 0.1) is 23.0 Å². The zero-order valence-electron chi connectivity index (χ0n) is 33.1. The van der Waals surface area contributed by atoms with Crippen molar-refractivity contribution in [1.29, 1.82) is 0 Å². The van der Waals surface area contributed by atoms with E-state index in [9.17, 15) is 18.0 Å². The van der Waals surface area contributed by atoms with Crippen molar-refractivity contribution in [2.24, 2.45) is 5.92 Å². The quantitative estimate of drug-likeness (QED) is 0.123. The maximum atomic E-state index is 16.0. The van der Waals surface area contributed by atoms with Gasteiger partial charge in [-0.05, 0) is 111 Å². The topological polar surface area (TPSA) is 130 Å². The molecule has 3 saturated heterocycles. The predicted octanol–water partition coefficient (Wildman–Crippen LogP) is 7.65. The predicted molar refractivity (Wildman–Crippen MR) is 225 cm³/mol. The second kappa shape index (κ2) is 17.4. The number of amides is 2. The van der Waals surface area contributed by atoms with E-state index in [1.54, 1.807) is 48.4 Å². The Balaban J connectivity index is 0.877. The number of rotatable bonds is 12. The number of halogens is 2. The lowest BCUT2D eigenvalue weighted by Gasteiger charge is -2.38. The van der Waals surface area contributed by atoms with E-state index in [1.165, 1.54) is 17.7 Å². The molecule has 0 aliphatic carbocycles. The highest BCUT2D eigenvalue weighted by molar-refractivity contribution is 7.92. The molecule has 2 amide bonds. The van der Waals surface area contributed by atoms with E-state index in [1.807, 2.05) is 30.3 Å². The molecule has 2 N–H and O–H groups in total. The highest BCUT2D eigenvalue weighted by Crippen LogP contribution is 2.37. The van der Waals surface area contributed by atoms with Gasteiger partial charge in [-0.25, -0.2) is 21.9 Å². The molecule has 3 aliphatic heterocycles. The van der Waals surface area contributed by atoms with E-state index in [2.05, 4.69) is 37.0 Å². The molecule has 59 heavy (non-hydrogen) atoms. The number of imide groups is 1. The minimum absolute atomic E-state index is 0.101. The molecular weight excluding hydrogens is 773 g/mol. The van der Waals surface area contributed by atoms with E-state index in [0.29, 0.717) is 41.5 Å². The molecule has 2 aromatic heterocycles. The summed E-state index contributed by atoms with van der Waals surface area (Å²) in [6, 6.07) is 21.9. The maximum absolute atomic E-state index is 16.0. The summed E-state index contributed by atoms with van der Waals surface area (Å²) in [6.07, 6.45) is 10.3. The fourth-order valence-corrected chi connectivity index (χ4v) is 9.94. The van der Waals surface area contributed by atoms with Gasteiger partial charge in [0.2, 0.25) is 21.8 Å². The van der Waals surface area contributed by atoms with Gasteiger partial charge in [0.25, 0.3) is 0 Å². The van der Waals surface area contributed by atoms with E-state index in [-0.39, 0.29) is 29.3 Å². The molecule has 11 nitrogen and oxygen atoms in total. The third kappa shape index (κ3) is 9.08. The first-order valence-electron chi connectivity index (χ1n) is 20.6. The number of piperidine rings is 3. The van der Waals surface area contributed by atoms with Crippen LogP contribution >= 0.6 is 0 Å². The van der Waals surface area contributed by atoms with Gasteiger partial charge in [0.15, 0.2) is 5.82 Å². The van der Waals surface area contributed by atoms with Crippen LogP contribution in [0.3, 0.4) is 0 Å². The first-order valence-corrected chi connectivity index (χ1v) is 22.2. The number of carbonyl (C=O) groups excluding carboxylic acids is 2. The summed E-state index contributed by atoms with van der Waals surface area (Å²) < 4.78 is 60.3. The van der Waals surface area contributed by atoms with Crippen LogP contribution in [0.4, 0.5) is 20.2 Å². The number of benzene rings is 3. The third-order valence-corrected chi connectivity index (χ3v) is 13.5. The highest BCUT2D eigenvalue weighted by atomic mass is 32.2. The maximum Gasteiger partial charge on any atom is 0.234 e. The summed E-state index contributed by atoms with van der Waals surface area (Å²) in [5, 5.41) is 7.22. The number of nitrogens with one attached hydrogen (secondary N) is 2. The zero-order chi connectivity index (χ0) is 41.1. The Kier molecular flexibility index (Phi) is 11.9. The molecule has 308 valence electrons. The Morgan fingerprint density at radius 1 is 0.847 bits per heavy atom. The lowest BCUT2D eigenvalue weighted by atomic mass is 9.88. The molecule has 14 heteroatoms. The van der Waals surface area contributed by atoms with E-state index < -0.39 is 33.5 Å². The van der Waals surface area contributed by atoms with Gasteiger partial charge in [-0.1, -0.05) is 37.3 Å². The van der Waals surface area contributed by atoms with Crippen molar-refractivity contribution in [3.8, 4) is 28.1 Å². The lowest BCUT2D eigenvalue weighted by molar-refractivity contribution is -0.134. The molecule has 1 atom stereocenters. The van der Waals surface area contributed by atoms with E-state index in [0.717, 1.165) is 75.3 Å². The van der Waals surface area contributed by atoms with Gasteiger partial charge in [-0.2, -0.15) is 5.10 Å². The number of hydrogen-bond acceptors (Lipinski definition) is 8. The third-order valence-electron chi connectivity index (χ3n) is 12.0. The number of pyridine rings is 1. The highest BCUT2D eigenvalue weighted by Gasteiger charge is 2.31. The van der Waals surface area contributed by atoms with Crippen molar-refractivity contribution >= 4 is 33.2 Å². The molecule has 0 radical (unpaired) electrons. The summed E-state index contributed by atoms with van der Waals surface area (Å²) in [4.78, 5) is 32.8. The standard InChI is InChI=1S/C45H49F2N7O4S/c1-2-26-59(57,58)51-41-5-3-4-37(43(41)47)39-29-54(50-44(39)33-14-20-48-21-15-33)34-8-6-31(7-9-34)32-18-22-52(23-19-32)28-30-16-24-53(25-17-30)35-10-11-36(40(46)27-35)38-12-13-42(55)49-45(38)56/h3-11,14-15,20-21,27,29-30,32,38,51H,2,12-13,16-19,22-26,28H2,1H3,(H,49,55,56)/t38-/m0/s1. The summed E-state index contributed by atoms with van der Waals surface area (Å²) >= 11 is 0. The molecule has 3 aliphatic rings. The van der Waals surface area contributed by atoms with Gasteiger partial charge in [0.1, 0.15) is 11.5 Å². The van der Waals surface area contributed by atoms with Gasteiger partial charge in [-0.15, -0.1) is 0 Å². The smallest absolute Gasteiger partial charge is 0.234 e. The molecule has 5 heterocycles. The SMILES string of the molecule is CCCS(=O)(=O)Nc1cccc(-c2cn(-c3ccc(C4CCN(CC5CCN(c6ccc([C@@H]7CCC(=O)NC7=O)c(F)c6)CC5)CC4)cc3)nc2-c2ccncc2)c1F. The Labute approximate surface area is 343 Å². The number of carbonyl (C=O) groups is 2. The summed E-state index contributed by atoms with van der Waals surface area (Å²) in [5.41, 5.74) is 5.26. The fraction of sp³-hybridized carbons (Fsp3) is 0.378. The second-order valence-electron chi connectivity index (χ2n) is 16.0. The second-order valence-corrected chi connectivity index (χ2v) is 17.8. The van der Waals surface area contributed by atoms with Crippen LogP contribution in [0, 0.1) is 17.6 Å². The van der Waals surface area contributed by atoms with Crippen LogP contribution in [-0.2, 0) is 19.6 Å². The van der Waals surface area contributed by atoms with Gasteiger partial charge in [-0.3, -0.25) is 24.6 Å². The largest absolute Gasteiger partial charge is 0.371 e. The molecular formula is C45H49F2N7O4S. The molecule has 0 spiro atoms. The minimum Gasteiger partial charge on any atom is -0.371 e. The van der Waals surface area contributed by atoms with Crippen molar-refractivity contribution < 1.29 is 26.8 Å². The van der Waals surface area contributed by atoms with Crippen LogP contribution in [0.1, 0.15) is 74.8 Å². The Morgan fingerprint density at radius 2 is 1.58 bits per heavy atom. The van der Waals surface area contributed by atoms with Crippen LogP contribution in [0.15, 0.2) is 91.4 Å². The van der Waals surface area contributed by atoms with Crippen LogP contribution in [0.2, 0.25) is 0 Å². The molecule has 0 saturated carbocycles. The van der Waals surface area contributed by atoms with Gasteiger partial charge < -0.3 is 9.80 Å². The molecule has 5 aromatic rings. The molecule has 0 unspecified atom stereocenters. The first kappa shape index (κ1) is 40.3. The number of likely N-dealkylation sites (tertiary alicyclic amines) is 1. The average molecular weight is 822 g/mol. The Bertz CT molecular complexity index is 2410. The summed E-state index contributed by atoms with van der Waals surface area (Å²) in [6.45, 7) is 6.57. The molecule has 3 fully saturated rings. The molecule has 3 aromatic carbocycles. The van der Waals surface area contributed by atoms with Crippen molar-refractivity contribution in [2.75, 3.05) is 48.1 Å². The molecule has 0 bridgehead atoms. The first-order chi connectivity index (χ1) is 28.5. The number of hydrogen-bond donors (Lipinski definition) is 2. The zero-order valence-corrected chi connectivity index (χ0v) is 33.9. The van der Waals surface area contributed by atoms with E-state index >= 15 is 8.78 Å². The molecule has 8 rings (SSSR count). The van der Waals surface area contributed by atoms with Crippen LogP contribution < -0.4 is 14.9 Å². The number of nitrogens with zero attached hydrogens (tertiary/aromatic N) is 5. The fourth-order valence-electron chi connectivity index (χ4n) is 8.81.